The number of rotatable bonds is 3. The maximum absolute atomic E-state index is 15.0. The van der Waals surface area contributed by atoms with E-state index in [1.54, 1.807) is 11.5 Å². The second-order valence-corrected chi connectivity index (χ2v) is 6.97. The summed E-state index contributed by atoms with van der Waals surface area (Å²) in [6, 6.07) is 20.3. The minimum atomic E-state index is -0.760. The lowest BCUT2D eigenvalue weighted by Gasteiger charge is -2.31. The molecule has 5 rings (SSSR count). The van der Waals surface area contributed by atoms with Crippen LogP contribution >= 0.6 is 0 Å². The summed E-state index contributed by atoms with van der Waals surface area (Å²) in [6.45, 7) is 0.891. The molecule has 0 fully saturated rings. The molecular formula is C22H17FN4O2. The molecule has 7 heteroatoms. The van der Waals surface area contributed by atoms with Crippen LogP contribution in [0.15, 0.2) is 66.7 Å². The molecule has 1 aliphatic rings. The fraction of sp³-hybridized carbons (Fsp3) is 0.0909. The molecule has 0 atom stereocenters. The Bertz CT molecular complexity index is 1240. The quantitative estimate of drug-likeness (QED) is 0.414. The summed E-state index contributed by atoms with van der Waals surface area (Å²) in [5.41, 5.74) is 5.34. The third-order valence-electron chi connectivity index (χ3n) is 5.17. The van der Waals surface area contributed by atoms with Crippen molar-refractivity contribution in [3.8, 4) is 5.69 Å². The Labute approximate surface area is 165 Å². The van der Waals surface area contributed by atoms with Crippen molar-refractivity contribution < 1.29 is 14.4 Å². The Kier molecular flexibility index (Phi) is 4.03. The average Bonchev–Trinajstić information content (AvgIpc) is 3.15. The molecule has 144 valence electrons. The van der Waals surface area contributed by atoms with Gasteiger partial charge in [0.2, 0.25) is 5.95 Å². The minimum Gasteiger partial charge on any atom is -0.333 e. The van der Waals surface area contributed by atoms with E-state index in [2.05, 4.69) is 0 Å². The number of nitrogens with zero attached hydrogens (tertiary/aromatic N) is 3. The summed E-state index contributed by atoms with van der Waals surface area (Å²) in [7, 11) is 0. The first-order chi connectivity index (χ1) is 14.2. The van der Waals surface area contributed by atoms with Crippen LogP contribution in [0.4, 0.5) is 10.3 Å². The molecule has 1 aromatic heterocycles. The van der Waals surface area contributed by atoms with Gasteiger partial charge in [-0.1, -0.05) is 42.5 Å². The van der Waals surface area contributed by atoms with E-state index in [1.807, 2.05) is 64.1 Å². The first-order valence-electron chi connectivity index (χ1n) is 9.19. The number of carbonyl (C=O) groups excluding carboxylic acids is 1. The number of fused-ring (bicyclic) bond motifs is 5. The summed E-state index contributed by atoms with van der Waals surface area (Å²) in [4.78, 5) is 18.7. The monoisotopic (exact) mass is 388 g/mol. The first-order valence-corrected chi connectivity index (χ1v) is 9.19. The number of amides is 1. The van der Waals surface area contributed by atoms with Gasteiger partial charge in [0.25, 0.3) is 5.91 Å². The molecule has 29 heavy (non-hydrogen) atoms. The molecule has 0 bridgehead atoms. The third kappa shape index (κ3) is 2.83. The zero-order valence-corrected chi connectivity index (χ0v) is 15.3. The van der Waals surface area contributed by atoms with Gasteiger partial charge in [0, 0.05) is 17.7 Å². The highest BCUT2D eigenvalue weighted by molar-refractivity contribution is 5.94. The van der Waals surface area contributed by atoms with Crippen LogP contribution < -0.4 is 10.4 Å². The number of hydrogen-bond acceptors (Lipinski definition) is 4. The summed E-state index contributed by atoms with van der Waals surface area (Å²) in [5.74, 6) is -0.574. The zero-order chi connectivity index (χ0) is 20.0. The third-order valence-corrected chi connectivity index (χ3v) is 5.17. The number of para-hydroxylation sites is 2. The summed E-state index contributed by atoms with van der Waals surface area (Å²) in [6.07, 6.45) is 0. The van der Waals surface area contributed by atoms with E-state index >= 15 is 4.39 Å². The van der Waals surface area contributed by atoms with Gasteiger partial charge in [-0.3, -0.25) is 14.6 Å². The molecule has 0 unspecified atom stereocenters. The predicted octanol–water partition coefficient (Wildman–Crippen LogP) is 3.80. The van der Waals surface area contributed by atoms with Crippen LogP contribution in [0, 0.1) is 5.82 Å². The molecule has 0 spiro atoms. The molecule has 0 saturated carbocycles. The molecule has 0 aliphatic carbocycles. The van der Waals surface area contributed by atoms with Gasteiger partial charge in [0.15, 0.2) is 0 Å². The average molecular weight is 388 g/mol. The Hall–Kier alpha value is -3.71. The van der Waals surface area contributed by atoms with Crippen molar-refractivity contribution in [3.05, 3.63) is 89.2 Å². The Balaban J connectivity index is 1.73. The number of nitrogens with one attached hydrogen (secondary N) is 1. The lowest BCUT2D eigenvalue weighted by Crippen LogP contribution is -2.31. The standard InChI is InChI=1S/C22H17FN4O2/c23-17-10-15(21(28)25-29)11-20-16(17)13-26(12-14-6-2-1-3-7-14)22-24-18-8-4-5-9-19(18)27(20)22/h1-11,29H,12-13H2,(H,25,28). The van der Waals surface area contributed by atoms with Crippen LogP contribution in [0.1, 0.15) is 21.5 Å². The van der Waals surface area contributed by atoms with Crippen LogP contribution in [0.25, 0.3) is 16.7 Å². The van der Waals surface area contributed by atoms with E-state index in [9.17, 15) is 4.79 Å². The number of hydroxylamine groups is 1. The smallest absolute Gasteiger partial charge is 0.274 e. The van der Waals surface area contributed by atoms with E-state index in [4.69, 9.17) is 10.2 Å². The van der Waals surface area contributed by atoms with Crippen LogP contribution in [0.5, 0.6) is 0 Å². The van der Waals surface area contributed by atoms with Crippen LogP contribution in [-0.4, -0.2) is 20.7 Å². The van der Waals surface area contributed by atoms with Crippen molar-refractivity contribution in [2.45, 2.75) is 13.1 Å². The molecule has 2 heterocycles. The number of aromatic nitrogens is 2. The number of halogens is 1. The van der Waals surface area contributed by atoms with Crippen molar-refractivity contribution >= 4 is 22.9 Å². The molecule has 3 aromatic carbocycles. The summed E-state index contributed by atoms with van der Waals surface area (Å²) in [5, 5.41) is 8.97. The Morgan fingerprint density at radius 1 is 1.10 bits per heavy atom. The molecule has 1 aliphatic heterocycles. The Morgan fingerprint density at radius 2 is 1.86 bits per heavy atom. The maximum Gasteiger partial charge on any atom is 0.274 e. The predicted molar refractivity (Wildman–Crippen MR) is 107 cm³/mol. The van der Waals surface area contributed by atoms with E-state index in [0.717, 1.165) is 22.7 Å². The largest absolute Gasteiger partial charge is 0.333 e. The highest BCUT2D eigenvalue weighted by Gasteiger charge is 2.29. The van der Waals surface area contributed by atoms with E-state index in [1.165, 1.54) is 0 Å². The number of carbonyl (C=O) groups is 1. The molecule has 4 aromatic rings. The van der Waals surface area contributed by atoms with Gasteiger partial charge in [0.1, 0.15) is 5.82 Å². The first kappa shape index (κ1) is 17.4. The number of benzene rings is 3. The van der Waals surface area contributed by atoms with Gasteiger partial charge in [-0.2, -0.15) is 0 Å². The Morgan fingerprint density at radius 3 is 2.66 bits per heavy atom. The van der Waals surface area contributed by atoms with E-state index < -0.39 is 11.7 Å². The minimum absolute atomic E-state index is 0.0454. The maximum atomic E-state index is 15.0. The van der Waals surface area contributed by atoms with Crippen LogP contribution in [0.3, 0.4) is 0 Å². The normalized spacial score (nSPS) is 12.6. The van der Waals surface area contributed by atoms with Crippen molar-refractivity contribution in [3.63, 3.8) is 0 Å². The topological polar surface area (TPSA) is 70.4 Å². The van der Waals surface area contributed by atoms with Gasteiger partial charge in [0.05, 0.1) is 23.3 Å². The van der Waals surface area contributed by atoms with Crippen molar-refractivity contribution in [2.75, 3.05) is 4.90 Å². The summed E-state index contributed by atoms with van der Waals surface area (Å²) >= 11 is 0. The molecule has 2 N–H and O–H groups in total. The van der Waals surface area contributed by atoms with Crippen LogP contribution in [0.2, 0.25) is 0 Å². The fourth-order valence-corrected chi connectivity index (χ4v) is 3.83. The van der Waals surface area contributed by atoms with Gasteiger partial charge in [-0.15, -0.1) is 0 Å². The number of hydrogen-bond donors (Lipinski definition) is 2. The highest BCUT2D eigenvalue weighted by atomic mass is 19.1. The van der Waals surface area contributed by atoms with Gasteiger partial charge >= 0.3 is 0 Å². The van der Waals surface area contributed by atoms with Crippen LogP contribution in [-0.2, 0) is 13.1 Å². The molecule has 1 amide bonds. The molecular weight excluding hydrogens is 371 g/mol. The van der Waals surface area contributed by atoms with E-state index in [0.29, 0.717) is 30.3 Å². The summed E-state index contributed by atoms with van der Waals surface area (Å²) < 4.78 is 16.9. The zero-order valence-electron chi connectivity index (χ0n) is 15.3. The van der Waals surface area contributed by atoms with Gasteiger partial charge in [-0.25, -0.2) is 14.9 Å². The fourth-order valence-electron chi connectivity index (χ4n) is 3.83. The molecule has 0 radical (unpaired) electrons. The SMILES string of the molecule is O=C(NO)c1cc(F)c2c(c1)-n1c(nc3ccccc31)N(Cc1ccccc1)C2. The second-order valence-electron chi connectivity index (χ2n) is 6.97. The molecule has 6 nitrogen and oxygen atoms in total. The molecule has 0 saturated heterocycles. The second kappa shape index (κ2) is 6.72. The van der Waals surface area contributed by atoms with Gasteiger partial charge < -0.3 is 4.90 Å². The number of imidazole rings is 1. The number of anilines is 1. The van der Waals surface area contributed by atoms with Gasteiger partial charge in [-0.05, 0) is 29.8 Å². The highest BCUT2D eigenvalue weighted by Crippen LogP contribution is 2.36. The lowest BCUT2D eigenvalue weighted by atomic mass is 10.0. The van der Waals surface area contributed by atoms with Crippen molar-refractivity contribution in [2.24, 2.45) is 0 Å². The van der Waals surface area contributed by atoms with E-state index in [-0.39, 0.29) is 5.56 Å². The lowest BCUT2D eigenvalue weighted by molar-refractivity contribution is 0.0706. The van der Waals surface area contributed by atoms with Crippen molar-refractivity contribution in [1.29, 1.82) is 0 Å². The van der Waals surface area contributed by atoms with Crippen molar-refractivity contribution in [1.82, 2.24) is 15.0 Å².